The van der Waals surface area contributed by atoms with Gasteiger partial charge in [-0.05, 0) is 50.0 Å². The van der Waals surface area contributed by atoms with Crippen LogP contribution < -0.4 is 5.32 Å². The molecule has 1 N–H and O–H groups in total. The number of nitrogens with zero attached hydrogens (tertiary/aromatic N) is 2. The van der Waals surface area contributed by atoms with Gasteiger partial charge in [0.2, 0.25) is 11.8 Å². The lowest BCUT2D eigenvalue weighted by atomic mass is 10.1. The number of benzene rings is 1. The summed E-state index contributed by atoms with van der Waals surface area (Å²) in [5.41, 5.74) is 2.56. The quantitative estimate of drug-likeness (QED) is 0.927. The number of hydrogen-bond acceptors (Lipinski definition) is 6. The fourth-order valence-corrected chi connectivity index (χ4v) is 3.95. The molecule has 2 aliphatic heterocycles. The molecule has 120 valence electrons. The Bertz CT molecular complexity index is 767. The van der Waals surface area contributed by atoms with Crippen molar-refractivity contribution in [2.24, 2.45) is 0 Å². The van der Waals surface area contributed by atoms with Crippen molar-refractivity contribution in [3.8, 4) is 0 Å². The molecule has 1 aromatic carbocycles. The standard InChI is InChI=1S/C16H17N3O3S/c20-15-13(23-16(21)18-15)8-10-3-4-12-11(7-10)17-14(22-12)9-19-5-1-2-6-19/h3-4,7,13H,1-2,5-6,8-9H2,(H,18,20,21). The first kappa shape index (κ1) is 14.7. The van der Waals surface area contributed by atoms with Crippen molar-refractivity contribution in [1.29, 1.82) is 0 Å². The second-order valence-electron chi connectivity index (χ2n) is 5.98. The van der Waals surface area contributed by atoms with Crippen molar-refractivity contribution in [3.63, 3.8) is 0 Å². The zero-order valence-electron chi connectivity index (χ0n) is 12.6. The van der Waals surface area contributed by atoms with Gasteiger partial charge in [0.1, 0.15) is 5.52 Å². The molecule has 2 amide bonds. The maximum absolute atomic E-state index is 11.7. The van der Waals surface area contributed by atoms with Gasteiger partial charge in [0.05, 0.1) is 11.8 Å². The monoisotopic (exact) mass is 331 g/mol. The van der Waals surface area contributed by atoms with E-state index in [9.17, 15) is 9.59 Å². The molecule has 3 heterocycles. The van der Waals surface area contributed by atoms with Crippen LogP contribution in [0.1, 0.15) is 24.3 Å². The van der Waals surface area contributed by atoms with E-state index in [0.29, 0.717) is 6.42 Å². The number of thioether (sulfide) groups is 1. The molecule has 23 heavy (non-hydrogen) atoms. The van der Waals surface area contributed by atoms with E-state index in [0.717, 1.165) is 54.0 Å². The number of aromatic nitrogens is 1. The van der Waals surface area contributed by atoms with Crippen molar-refractivity contribution in [1.82, 2.24) is 15.2 Å². The van der Waals surface area contributed by atoms with Gasteiger partial charge in [-0.2, -0.15) is 0 Å². The number of hydrogen-bond donors (Lipinski definition) is 1. The topological polar surface area (TPSA) is 75.4 Å². The number of oxazole rings is 1. The molecule has 0 radical (unpaired) electrons. The predicted octanol–water partition coefficient (Wildman–Crippen LogP) is 2.32. The summed E-state index contributed by atoms with van der Waals surface area (Å²) < 4.78 is 5.80. The molecule has 0 saturated carbocycles. The molecule has 1 atom stereocenters. The van der Waals surface area contributed by atoms with Crippen LogP contribution in [0.15, 0.2) is 22.6 Å². The van der Waals surface area contributed by atoms with Gasteiger partial charge in [0.15, 0.2) is 5.58 Å². The maximum atomic E-state index is 11.7. The Hall–Kier alpha value is -1.86. The summed E-state index contributed by atoms with van der Waals surface area (Å²) in [6.45, 7) is 2.96. The maximum Gasteiger partial charge on any atom is 0.286 e. The smallest absolute Gasteiger partial charge is 0.286 e. The molecule has 1 aromatic heterocycles. The molecule has 6 nitrogen and oxygen atoms in total. The summed E-state index contributed by atoms with van der Waals surface area (Å²) >= 11 is 1.05. The average molecular weight is 331 g/mol. The molecule has 0 aliphatic carbocycles. The third kappa shape index (κ3) is 3.11. The molecule has 2 fully saturated rings. The van der Waals surface area contributed by atoms with Crippen LogP contribution in [0.2, 0.25) is 0 Å². The fraction of sp³-hybridized carbons (Fsp3) is 0.438. The van der Waals surface area contributed by atoms with Gasteiger partial charge in [-0.3, -0.25) is 19.8 Å². The molecule has 2 aromatic rings. The highest BCUT2D eigenvalue weighted by atomic mass is 32.2. The first-order valence-corrected chi connectivity index (χ1v) is 8.67. The molecular weight excluding hydrogens is 314 g/mol. The number of likely N-dealkylation sites (tertiary alicyclic amines) is 1. The number of rotatable bonds is 4. The van der Waals surface area contributed by atoms with E-state index < -0.39 is 0 Å². The molecule has 4 rings (SSSR count). The summed E-state index contributed by atoms with van der Waals surface area (Å²) in [6.07, 6.45) is 3.00. The van der Waals surface area contributed by atoms with Crippen LogP contribution in [0.5, 0.6) is 0 Å². The number of carbonyl (C=O) groups excluding carboxylic acids is 2. The van der Waals surface area contributed by atoms with E-state index in [4.69, 9.17) is 4.42 Å². The normalized spacial score (nSPS) is 22.2. The second kappa shape index (κ2) is 5.98. The van der Waals surface area contributed by atoms with Crippen LogP contribution in [0.4, 0.5) is 4.79 Å². The number of amides is 2. The van der Waals surface area contributed by atoms with Crippen LogP contribution in [-0.4, -0.2) is 39.4 Å². The fourth-order valence-electron chi connectivity index (χ4n) is 3.09. The van der Waals surface area contributed by atoms with Crippen molar-refractivity contribution < 1.29 is 14.0 Å². The highest BCUT2D eigenvalue weighted by molar-refractivity contribution is 8.15. The lowest BCUT2D eigenvalue weighted by Crippen LogP contribution is -2.25. The summed E-state index contributed by atoms with van der Waals surface area (Å²) in [4.78, 5) is 29.8. The van der Waals surface area contributed by atoms with Crippen LogP contribution in [-0.2, 0) is 17.8 Å². The molecule has 2 aliphatic rings. The van der Waals surface area contributed by atoms with Crippen molar-refractivity contribution in [3.05, 3.63) is 29.7 Å². The molecule has 0 spiro atoms. The minimum Gasteiger partial charge on any atom is -0.439 e. The van der Waals surface area contributed by atoms with E-state index in [1.807, 2.05) is 18.2 Å². The van der Waals surface area contributed by atoms with Gasteiger partial charge in [-0.15, -0.1) is 0 Å². The zero-order chi connectivity index (χ0) is 15.8. The Labute approximate surface area is 137 Å². The number of carbonyl (C=O) groups is 2. The Morgan fingerprint density at radius 3 is 2.87 bits per heavy atom. The third-order valence-corrected chi connectivity index (χ3v) is 5.22. The second-order valence-corrected chi connectivity index (χ2v) is 7.16. The predicted molar refractivity (Wildman–Crippen MR) is 87.1 cm³/mol. The van der Waals surface area contributed by atoms with Crippen LogP contribution in [0.3, 0.4) is 0 Å². The minimum absolute atomic E-state index is 0.213. The van der Waals surface area contributed by atoms with Crippen molar-refractivity contribution >= 4 is 34.0 Å². The number of nitrogens with one attached hydrogen (secondary N) is 1. The van der Waals surface area contributed by atoms with E-state index in [2.05, 4.69) is 15.2 Å². The van der Waals surface area contributed by atoms with E-state index in [1.54, 1.807) is 0 Å². The van der Waals surface area contributed by atoms with Gasteiger partial charge in [-0.1, -0.05) is 17.8 Å². The van der Waals surface area contributed by atoms with Gasteiger partial charge in [0.25, 0.3) is 5.24 Å². The Morgan fingerprint density at radius 1 is 1.30 bits per heavy atom. The first-order chi connectivity index (χ1) is 11.2. The summed E-state index contributed by atoms with van der Waals surface area (Å²) in [5.74, 6) is 0.525. The Kier molecular flexibility index (Phi) is 3.82. The molecule has 7 heteroatoms. The number of fused-ring (bicyclic) bond motifs is 1. The molecule has 0 bridgehead atoms. The van der Waals surface area contributed by atoms with E-state index >= 15 is 0 Å². The van der Waals surface area contributed by atoms with Gasteiger partial charge < -0.3 is 4.42 Å². The minimum atomic E-state index is -0.351. The molecule has 2 saturated heterocycles. The highest BCUT2D eigenvalue weighted by Gasteiger charge is 2.31. The van der Waals surface area contributed by atoms with Gasteiger partial charge >= 0.3 is 0 Å². The molecular formula is C16H17N3O3S. The zero-order valence-corrected chi connectivity index (χ0v) is 13.4. The Morgan fingerprint density at radius 2 is 2.13 bits per heavy atom. The van der Waals surface area contributed by atoms with Crippen LogP contribution in [0, 0.1) is 0 Å². The third-order valence-electron chi connectivity index (χ3n) is 4.24. The summed E-state index contributed by atoms with van der Waals surface area (Å²) in [7, 11) is 0. The van der Waals surface area contributed by atoms with Gasteiger partial charge in [0, 0.05) is 0 Å². The first-order valence-electron chi connectivity index (χ1n) is 7.79. The van der Waals surface area contributed by atoms with E-state index in [-0.39, 0.29) is 16.4 Å². The van der Waals surface area contributed by atoms with Gasteiger partial charge in [-0.25, -0.2) is 4.98 Å². The van der Waals surface area contributed by atoms with E-state index in [1.165, 1.54) is 12.8 Å². The summed E-state index contributed by atoms with van der Waals surface area (Å²) in [6, 6.07) is 5.78. The van der Waals surface area contributed by atoms with Crippen LogP contribution >= 0.6 is 11.8 Å². The average Bonchev–Trinajstić information content (AvgIpc) is 3.21. The molecule has 1 unspecified atom stereocenters. The summed E-state index contributed by atoms with van der Waals surface area (Å²) in [5, 5.41) is 1.70. The van der Waals surface area contributed by atoms with Crippen molar-refractivity contribution in [2.45, 2.75) is 31.1 Å². The van der Waals surface area contributed by atoms with Crippen molar-refractivity contribution in [2.75, 3.05) is 13.1 Å². The lowest BCUT2D eigenvalue weighted by molar-refractivity contribution is -0.118. The number of imide groups is 1. The SMILES string of the molecule is O=C1NC(=O)C(Cc2ccc3oc(CN4CCCC4)nc3c2)S1. The highest BCUT2D eigenvalue weighted by Crippen LogP contribution is 2.25. The largest absolute Gasteiger partial charge is 0.439 e. The Balaban J connectivity index is 1.51. The van der Waals surface area contributed by atoms with Crippen LogP contribution in [0.25, 0.3) is 11.1 Å². The lowest BCUT2D eigenvalue weighted by Gasteiger charge is -2.10.